The number of nitrogens with one attached hydrogen (secondary N) is 1. The molecule has 0 radical (unpaired) electrons. The molecular weight excluding hydrogens is 362 g/mol. The van der Waals surface area contributed by atoms with Gasteiger partial charge in [-0.3, -0.25) is 4.79 Å². The number of thiophene rings is 2. The van der Waals surface area contributed by atoms with Crippen LogP contribution in [-0.4, -0.2) is 11.0 Å². The van der Waals surface area contributed by atoms with Crippen molar-refractivity contribution in [3.63, 3.8) is 0 Å². The number of rotatable bonds is 5. The molecule has 0 aliphatic heterocycles. The Morgan fingerprint density at radius 1 is 0.962 bits per heavy atom. The van der Waals surface area contributed by atoms with E-state index < -0.39 is 6.10 Å². The zero-order valence-corrected chi connectivity index (χ0v) is 15.5. The van der Waals surface area contributed by atoms with Gasteiger partial charge in [0.25, 0.3) is 5.91 Å². The summed E-state index contributed by atoms with van der Waals surface area (Å²) in [6.07, 6.45) is -0.595. The lowest BCUT2D eigenvalue weighted by atomic mass is 10.0. The van der Waals surface area contributed by atoms with Gasteiger partial charge in [0.05, 0.1) is 6.54 Å². The molecular formula is C21H17NO2S2. The number of carbonyl (C=O) groups excluding carboxylic acids is 1. The molecule has 0 fully saturated rings. The van der Waals surface area contributed by atoms with Crippen molar-refractivity contribution >= 4 is 39.4 Å². The Bertz CT molecular complexity index is 1030. The summed E-state index contributed by atoms with van der Waals surface area (Å²) in [6, 6.07) is 21.4. The van der Waals surface area contributed by atoms with Crippen LogP contribution >= 0.6 is 22.7 Å². The third-order valence-corrected chi connectivity index (χ3v) is 6.28. The fraction of sp³-hybridized carbons (Fsp3) is 0.0952. The van der Waals surface area contributed by atoms with E-state index in [1.54, 1.807) is 0 Å². The Kier molecular flexibility index (Phi) is 4.84. The van der Waals surface area contributed by atoms with Gasteiger partial charge in [-0.2, -0.15) is 0 Å². The predicted octanol–water partition coefficient (Wildman–Crippen LogP) is 4.97. The Morgan fingerprint density at radius 2 is 1.81 bits per heavy atom. The molecule has 1 unspecified atom stereocenters. The number of hydrogen-bond acceptors (Lipinski definition) is 4. The average Bonchev–Trinajstić information content (AvgIpc) is 3.37. The van der Waals surface area contributed by atoms with Gasteiger partial charge in [0.2, 0.25) is 0 Å². The highest BCUT2D eigenvalue weighted by atomic mass is 32.1. The largest absolute Gasteiger partial charge is 0.382 e. The molecule has 26 heavy (non-hydrogen) atoms. The highest BCUT2D eigenvalue weighted by Crippen LogP contribution is 2.31. The fourth-order valence-corrected chi connectivity index (χ4v) is 4.67. The summed E-state index contributed by atoms with van der Waals surface area (Å²) in [4.78, 5) is 15.4. The Hall–Kier alpha value is -2.47. The molecule has 0 bridgehead atoms. The minimum absolute atomic E-state index is 0.0874. The summed E-state index contributed by atoms with van der Waals surface area (Å²) in [5.41, 5.74) is 0.679. The van der Waals surface area contributed by atoms with E-state index in [0.29, 0.717) is 12.1 Å². The van der Waals surface area contributed by atoms with E-state index >= 15 is 0 Å². The van der Waals surface area contributed by atoms with Crippen LogP contribution in [0.3, 0.4) is 0 Å². The van der Waals surface area contributed by atoms with Gasteiger partial charge >= 0.3 is 0 Å². The minimum Gasteiger partial charge on any atom is -0.382 e. The van der Waals surface area contributed by atoms with E-state index in [1.165, 1.54) is 22.7 Å². The normalized spacial score (nSPS) is 12.2. The topological polar surface area (TPSA) is 49.3 Å². The smallest absolute Gasteiger partial charge is 0.252 e. The monoisotopic (exact) mass is 379 g/mol. The van der Waals surface area contributed by atoms with E-state index in [9.17, 15) is 9.90 Å². The van der Waals surface area contributed by atoms with Gasteiger partial charge in [-0.05, 0) is 40.4 Å². The maximum Gasteiger partial charge on any atom is 0.252 e. The lowest BCUT2D eigenvalue weighted by Gasteiger charge is -2.07. The molecule has 1 amide bonds. The van der Waals surface area contributed by atoms with E-state index in [4.69, 9.17) is 0 Å². The summed E-state index contributed by atoms with van der Waals surface area (Å²) in [5.74, 6) is -0.0874. The van der Waals surface area contributed by atoms with Crippen LogP contribution in [0.5, 0.6) is 0 Å². The molecule has 0 aliphatic carbocycles. The molecule has 3 nitrogen and oxygen atoms in total. The van der Waals surface area contributed by atoms with Crippen LogP contribution < -0.4 is 5.32 Å². The van der Waals surface area contributed by atoms with Crippen molar-refractivity contribution in [1.82, 2.24) is 5.32 Å². The van der Waals surface area contributed by atoms with E-state index in [-0.39, 0.29) is 5.91 Å². The van der Waals surface area contributed by atoms with Crippen molar-refractivity contribution in [1.29, 1.82) is 0 Å². The van der Waals surface area contributed by atoms with Crippen molar-refractivity contribution in [3.8, 4) is 0 Å². The average molecular weight is 380 g/mol. The summed E-state index contributed by atoms with van der Waals surface area (Å²) in [5, 5.41) is 17.3. The number of aliphatic hydroxyl groups excluding tert-OH is 1. The van der Waals surface area contributed by atoms with E-state index in [1.807, 2.05) is 72.1 Å². The third-order valence-electron chi connectivity index (χ3n) is 4.22. The molecule has 0 saturated heterocycles. The van der Waals surface area contributed by atoms with Gasteiger partial charge in [-0.25, -0.2) is 0 Å². The summed E-state index contributed by atoms with van der Waals surface area (Å²) in [7, 11) is 0. The van der Waals surface area contributed by atoms with Crippen LogP contribution in [0.25, 0.3) is 10.8 Å². The van der Waals surface area contributed by atoms with Gasteiger partial charge in [0, 0.05) is 20.2 Å². The first-order valence-corrected chi connectivity index (χ1v) is 9.98. The Morgan fingerprint density at radius 3 is 2.65 bits per heavy atom. The quantitative estimate of drug-likeness (QED) is 0.514. The second kappa shape index (κ2) is 7.41. The van der Waals surface area contributed by atoms with Crippen molar-refractivity contribution < 1.29 is 9.90 Å². The van der Waals surface area contributed by atoms with Crippen molar-refractivity contribution in [2.45, 2.75) is 12.6 Å². The van der Waals surface area contributed by atoms with Gasteiger partial charge in [-0.1, -0.05) is 42.5 Å². The number of aliphatic hydroxyl groups is 1. The number of benzene rings is 2. The molecule has 2 heterocycles. The van der Waals surface area contributed by atoms with E-state index in [0.717, 1.165) is 25.4 Å². The highest BCUT2D eigenvalue weighted by Gasteiger charge is 2.15. The SMILES string of the molecule is O=C(NCc1ccc(C(O)c2cccs2)s1)c1cccc2ccccc12. The number of carbonyl (C=O) groups is 1. The summed E-state index contributed by atoms with van der Waals surface area (Å²) >= 11 is 3.06. The highest BCUT2D eigenvalue weighted by molar-refractivity contribution is 7.12. The summed E-state index contributed by atoms with van der Waals surface area (Å²) in [6.45, 7) is 0.448. The molecule has 0 spiro atoms. The zero-order chi connectivity index (χ0) is 17.9. The zero-order valence-electron chi connectivity index (χ0n) is 13.9. The van der Waals surface area contributed by atoms with Crippen molar-refractivity contribution in [2.24, 2.45) is 0 Å². The minimum atomic E-state index is -0.595. The molecule has 0 aliphatic rings. The standard InChI is InChI=1S/C21H17NO2S2/c23-20(18-9-4-12-25-18)19-11-10-15(26-19)13-22-21(24)17-8-3-6-14-5-1-2-7-16(14)17/h1-12,20,23H,13H2,(H,22,24). The molecule has 4 aromatic rings. The van der Waals surface area contributed by atoms with Crippen molar-refractivity contribution in [3.05, 3.63) is 92.3 Å². The molecule has 2 aromatic carbocycles. The lowest BCUT2D eigenvalue weighted by molar-refractivity contribution is 0.0953. The second-order valence-corrected chi connectivity index (χ2v) is 8.11. The second-order valence-electron chi connectivity index (χ2n) is 5.93. The van der Waals surface area contributed by atoms with Gasteiger partial charge < -0.3 is 10.4 Å². The molecule has 1 atom stereocenters. The Labute approximate surface area is 159 Å². The summed E-state index contributed by atoms with van der Waals surface area (Å²) < 4.78 is 0. The van der Waals surface area contributed by atoms with Gasteiger partial charge in [-0.15, -0.1) is 22.7 Å². The fourth-order valence-electron chi connectivity index (χ4n) is 2.91. The predicted molar refractivity (Wildman–Crippen MR) is 108 cm³/mol. The molecule has 0 saturated carbocycles. The number of fused-ring (bicyclic) bond motifs is 1. The first kappa shape index (κ1) is 17.0. The maximum absolute atomic E-state index is 12.6. The third kappa shape index (κ3) is 3.42. The molecule has 5 heteroatoms. The number of amides is 1. The van der Waals surface area contributed by atoms with Crippen LogP contribution in [-0.2, 0) is 6.54 Å². The first-order chi connectivity index (χ1) is 12.7. The lowest BCUT2D eigenvalue weighted by Crippen LogP contribution is -2.22. The van der Waals surface area contributed by atoms with Gasteiger partial charge in [0.15, 0.2) is 0 Å². The molecule has 2 aromatic heterocycles. The van der Waals surface area contributed by atoms with Crippen LogP contribution in [0.2, 0.25) is 0 Å². The van der Waals surface area contributed by atoms with Crippen LogP contribution in [0, 0.1) is 0 Å². The van der Waals surface area contributed by atoms with E-state index in [2.05, 4.69) is 5.32 Å². The Balaban J connectivity index is 1.46. The number of hydrogen-bond donors (Lipinski definition) is 2. The van der Waals surface area contributed by atoms with Gasteiger partial charge in [0.1, 0.15) is 6.10 Å². The van der Waals surface area contributed by atoms with Crippen LogP contribution in [0.4, 0.5) is 0 Å². The first-order valence-electron chi connectivity index (χ1n) is 8.28. The molecule has 2 N–H and O–H groups in total. The molecule has 130 valence electrons. The van der Waals surface area contributed by atoms with Crippen LogP contribution in [0.1, 0.15) is 31.1 Å². The van der Waals surface area contributed by atoms with Crippen LogP contribution in [0.15, 0.2) is 72.1 Å². The maximum atomic E-state index is 12.6. The van der Waals surface area contributed by atoms with Crippen molar-refractivity contribution in [2.75, 3.05) is 0 Å². The molecule has 4 rings (SSSR count).